The van der Waals surface area contributed by atoms with Crippen molar-refractivity contribution in [3.8, 4) is 11.5 Å². The highest BCUT2D eigenvalue weighted by Gasteiger charge is 2.21. The number of nitrogens with one attached hydrogen (secondary N) is 2. The van der Waals surface area contributed by atoms with E-state index in [1.54, 1.807) is 24.3 Å². The topological polar surface area (TPSA) is 93.7 Å². The summed E-state index contributed by atoms with van der Waals surface area (Å²) < 4.78 is 38.7. The number of ether oxygens (including phenoxy) is 2. The SMILES string of the molecule is COc1ccc(S(=O)(=O)Nc2ccccc2C(=O)N[C@@H](C)c2ccccc2)cc1OC. The Labute approximate surface area is 182 Å². The van der Waals surface area contributed by atoms with Crippen LogP contribution in [0, 0.1) is 0 Å². The average Bonchev–Trinajstić information content (AvgIpc) is 2.79. The first-order valence-electron chi connectivity index (χ1n) is 9.55. The summed E-state index contributed by atoms with van der Waals surface area (Å²) in [6.45, 7) is 1.86. The Kier molecular flexibility index (Phi) is 6.81. The normalized spacial score (nSPS) is 12.0. The van der Waals surface area contributed by atoms with Crippen molar-refractivity contribution in [3.63, 3.8) is 0 Å². The molecule has 0 spiro atoms. The van der Waals surface area contributed by atoms with Crippen LogP contribution in [-0.2, 0) is 10.0 Å². The van der Waals surface area contributed by atoms with E-state index in [4.69, 9.17) is 9.47 Å². The Morgan fingerprint density at radius 1 is 0.871 bits per heavy atom. The monoisotopic (exact) mass is 440 g/mol. The summed E-state index contributed by atoms with van der Waals surface area (Å²) in [5, 5.41) is 2.90. The van der Waals surface area contributed by atoms with Gasteiger partial charge in [-0.15, -0.1) is 0 Å². The molecule has 162 valence electrons. The van der Waals surface area contributed by atoms with Crippen LogP contribution in [0.2, 0.25) is 0 Å². The Hall–Kier alpha value is -3.52. The van der Waals surface area contributed by atoms with Crippen LogP contribution in [0.5, 0.6) is 11.5 Å². The quantitative estimate of drug-likeness (QED) is 0.552. The first-order valence-corrected chi connectivity index (χ1v) is 11.0. The maximum absolute atomic E-state index is 12.9. The molecule has 0 aliphatic heterocycles. The molecule has 0 saturated carbocycles. The summed E-state index contributed by atoms with van der Waals surface area (Å²) in [7, 11) is -1.08. The van der Waals surface area contributed by atoms with E-state index in [-0.39, 0.29) is 33.8 Å². The third kappa shape index (κ3) is 5.16. The molecule has 2 N–H and O–H groups in total. The fourth-order valence-electron chi connectivity index (χ4n) is 3.06. The molecule has 8 heteroatoms. The van der Waals surface area contributed by atoms with Crippen molar-refractivity contribution in [1.82, 2.24) is 5.32 Å². The van der Waals surface area contributed by atoms with Crippen molar-refractivity contribution < 1.29 is 22.7 Å². The summed E-state index contributed by atoms with van der Waals surface area (Å²) in [6, 6.07) is 20.0. The number of carbonyl (C=O) groups is 1. The number of anilines is 1. The van der Waals surface area contributed by atoms with Crippen LogP contribution in [0.25, 0.3) is 0 Å². The molecule has 1 atom stereocenters. The summed E-state index contributed by atoms with van der Waals surface area (Å²) in [5.41, 5.74) is 1.34. The lowest BCUT2D eigenvalue weighted by Crippen LogP contribution is -2.28. The van der Waals surface area contributed by atoms with E-state index in [1.807, 2.05) is 37.3 Å². The first kappa shape index (κ1) is 22.2. The molecule has 0 radical (unpaired) electrons. The van der Waals surface area contributed by atoms with Crippen LogP contribution in [-0.4, -0.2) is 28.5 Å². The van der Waals surface area contributed by atoms with Gasteiger partial charge < -0.3 is 14.8 Å². The first-order chi connectivity index (χ1) is 14.9. The zero-order valence-electron chi connectivity index (χ0n) is 17.5. The highest BCUT2D eigenvalue weighted by atomic mass is 32.2. The maximum atomic E-state index is 12.9. The van der Waals surface area contributed by atoms with Crippen molar-refractivity contribution >= 4 is 21.6 Å². The minimum absolute atomic E-state index is 0.0157. The second-order valence-electron chi connectivity index (χ2n) is 6.77. The Balaban J connectivity index is 1.85. The molecule has 3 aromatic rings. The lowest BCUT2D eigenvalue weighted by atomic mass is 10.1. The fraction of sp³-hybridized carbons (Fsp3) is 0.174. The summed E-state index contributed by atoms with van der Waals surface area (Å²) >= 11 is 0. The third-order valence-corrected chi connectivity index (χ3v) is 6.09. The molecule has 0 aromatic heterocycles. The molecule has 0 aliphatic carbocycles. The van der Waals surface area contributed by atoms with E-state index in [0.717, 1.165) is 5.56 Å². The number of hydrogen-bond acceptors (Lipinski definition) is 5. The molecular formula is C23H24N2O5S. The average molecular weight is 441 g/mol. The zero-order valence-corrected chi connectivity index (χ0v) is 18.3. The largest absolute Gasteiger partial charge is 0.493 e. The molecule has 3 rings (SSSR count). The van der Waals surface area contributed by atoms with Crippen LogP contribution in [0.1, 0.15) is 28.9 Å². The standard InChI is InChI=1S/C23H24N2O5S/c1-16(17-9-5-4-6-10-17)24-23(26)19-11-7-8-12-20(19)25-31(27,28)18-13-14-21(29-2)22(15-18)30-3/h4-16,25H,1-3H3,(H,24,26)/t16-/m0/s1. The van der Waals surface area contributed by atoms with Crippen LogP contribution in [0.15, 0.2) is 77.7 Å². The number of hydrogen-bond donors (Lipinski definition) is 2. The highest BCUT2D eigenvalue weighted by Crippen LogP contribution is 2.30. The highest BCUT2D eigenvalue weighted by molar-refractivity contribution is 7.92. The maximum Gasteiger partial charge on any atom is 0.262 e. The van der Waals surface area contributed by atoms with Crippen LogP contribution < -0.4 is 19.5 Å². The van der Waals surface area contributed by atoms with E-state index in [1.165, 1.54) is 32.4 Å². The van der Waals surface area contributed by atoms with Gasteiger partial charge in [0.05, 0.1) is 36.4 Å². The van der Waals surface area contributed by atoms with E-state index in [2.05, 4.69) is 10.0 Å². The Bertz CT molecular complexity index is 1160. The van der Waals surface area contributed by atoms with Crippen molar-refractivity contribution in [3.05, 3.63) is 83.9 Å². The van der Waals surface area contributed by atoms with Gasteiger partial charge in [0.1, 0.15) is 0 Å². The molecule has 31 heavy (non-hydrogen) atoms. The second-order valence-corrected chi connectivity index (χ2v) is 8.46. The van der Waals surface area contributed by atoms with Gasteiger partial charge >= 0.3 is 0 Å². The zero-order chi connectivity index (χ0) is 22.4. The number of carbonyl (C=O) groups excluding carboxylic acids is 1. The second kappa shape index (κ2) is 9.53. The van der Waals surface area contributed by atoms with E-state index in [9.17, 15) is 13.2 Å². The molecule has 0 unspecified atom stereocenters. The summed E-state index contributed by atoms with van der Waals surface area (Å²) in [4.78, 5) is 12.9. The fourth-order valence-corrected chi connectivity index (χ4v) is 4.15. The molecule has 0 heterocycles. The number of benzene rings is 3. The van der Waals surface area contributed by atoms with Gasteiger partial charge in [-0.2, -0.15) is 0 Å². The van der Waals surface area contributed by atoms with Gasteiger partial charge in [0, 0.05) is 6.07 Å². The Morgan fingerprint density at radius 2 is 1.52 bits per heavy atom. The van der Waals surface area contributed by atoms with E-state index in [0.29, 0.717) is 5.75 Å². The summed E-state index contributed by atoms with van der Waals surface area (Å²) in [6.07, 6.45) is 0. The Morgan fingerprint density at radius 3 is 2.19 bits per heavy atom. The molecule has 0 fully saturated rings. The van der Waals surface area contributed by atoms with Gasteiger partial charge in [0.25, 0.3) is 15.9 Å². The molecule has 0 bridgehead atoms. The molecule has 0 aliphatic rings. The van der Waals surface area contributed by atoms with E-state index >= 15 is 0 Å². The van der Waals surface area contributed by atoms with Gasteiger partial charge in [0.2, 0.25) is 0 Å². The van der Waals surface area contributed by atoms with E-state index < -0.39 is 10.0 Å². The van der Waals surface area contributed by atoms with Crippen molar-refractivity contribution in [2.45, 2.75) is 17.9 Å². The number of para-hydroxylation sites is 1. The lowest BCUT2D eigenvalue weighted by molar-refractivity contribution is 0.0941. The number of amides is 1. The van der Waals surface area contributed by atoms with Crippen LogP contribution in [0.3, 0.4) is 0 Å². The number of rotatable bonds is 8. The van der Waals surface area contributed by atoms with Crippen molar-refractivity contribution in [2.75, 3.05) is 18.9 Å². The third-order valence-electron chi connectivity index (χ3n) is 4.73. The van der Waals surface area contributed by atoms with Crippen LogP contribution >= 0.6 is 0 Å². The molecule has 3 aromatic carbocycles. The molecule has 7 nitrogen and oxygen atoms in total. The van der Waals surface area contributed by atoms with Crippen molar-refractivity contribution in [2.24, 2.45) is 0 Å². The minimum atomic E-state index is -3.97. The molecular weight excluding hydrogens is 416 g/mol. The number of methoxy groups -OCH3 is 2. The van der Waals surface area contributed by atoms with Gasteiger partial charge in [0.15, 0.2) is 11.5 Å². The number of sulfonamides is 1. The lowest BCUT2D eigenvalue weighted by Gasteiger charge is -2.17. The van der Waals surface area contributed by atoms with Crippen molar-refractivity contribution in [1.29, 1.82) is 0 Å². The smallest absolute Gasteiger partial charge is 0.262 e. The summed E-state index contributed by atoms with van der Waals surface area (Å²) in [5.74, 6) is 0.311. The predicted molar refractivity (Wildman–Crippen MR) is 119 cm³/mol. The van der Waals surface area contributed by atoms with Gasteiger partial charge in [-0.25, -0.2) is 8.42 Å². The molecule has 1 amide bonds. The van der Waals surface area contributed by atoms with Gasteiger partial charge in [-0.3, -0.25) is 9.52 Å². The minimum Gasteiger partial charge on any atom is -0.493 e. The molecule has 0 saturated heterocycles. The van der Waals surface area contributed by atoms with Gasteiger partial charge in [-0.1, -0.05) is 42.5 Å². The van der Waals surface area contributed by atoms with Gasteiger partial charge in [-0.05, 0) is 36.8 Å². The predicted octanol–water partition coefficient (Wildman–Crippen LogP) is 4.00. The van der Waals surface area contributed by atoms with Crippen LogP contribution in [0.4, 0.5) is 5.69 Å².